The van der Waals surface area contributed by atoms with Crippen molar-refractivity contribution in [2.75, 3.05) is 13.6 Å². The highest BCUT2D eigenvalue weighted by Crippen LogP contribution is 2.35. The Morgan fingerprint density at radius 1 is 1.26 bits per heavy atom. The van der Waals surface area contributed by atoms with Crippen LogP contribution in [0.4, 0.5) is 4.79 Å². The average Bonchev–Trinajstić information content (AvgIpc) is 2.85. The van der Waals surface area contributed by atoms with E-state index in [0.717, 1.165) is 30.6 Å². The molecular formula is C19H23Cl2N3O3. The molecule has 2 fully saturated rings. The molecule has 146 valence electrons. The van der Waals surface area contributed by atoms with Crippen molar-refractivity contribution in [3.8, 4) is 0 Å². The minimum Gasteiger partial charge on any atom is -0.341 e. The number of nitrogens with zero attached hydrogens (tertiary/aromatic N) is 2. The number of carbonyl (C=O) groups is 3. The summed E-state index contributed by atoms with van der Waals surface area (Å²) < 4.78 is 0. The lowest BCUT2D eigenvalue weighted by molar-refractivity contribution is -0.139. The highest BCUT2D eigenvalue weighted by molar-refractivity contribution is 6.35. The van der Waals surface area contributed by atoms with Crippen LogP contribution >= 0.6 is 23.2 Å². The van der Waals surface area contributed by atoms with E-state index in [9.17, 15) is 14.4 Å². The Kier molecular flexibility index (Phi) is 5.68. The fourth-order valence-electron chi connectivity index (χ4n) is 3.84. The molecule has 1 aromatic carbocycles. The number of benzene rings is 1. The number of rotatable bonds is 4. The summed E-state index contributed by atoms with van der Waals surface area (Å²) >= 11 is 12.2. The molecule has 0 aromatic heterocycles. The first-order chi connectivity index (χ1) is 12.7. The van der Waals surface area contributed by atoms with Gasteiger partial charge in [0.15, 0.2) is 0 Å². The molecule has 4 amide bonds. The largest absolute Gasteiger partial charge is 0.341 e. The van der Waals surface area contributed by atoms with Gasteiger partial charge in [-0.05, 0) is 31.9 Å². The van der Waals surface area contributed by atoms with Crippen LogP contribution in [-0.4, -0.2) is 47.3 Å². The summed E-state index contributed by atoms with van der Waals surface area (Å²) in [6.07, 6.45) is 5.30. The van der Waals surface area contributed by atoms with Crippen molar-refractivity contribution in [1.29, 1.82) is 0 Å². The zero-order valence-electron chi connectivity index (χ0n) is 15.4. The molecule has 1 aliphatic carbocycles. The lowest BCUT2D eigenvalue weighted by Crippen LogP contribution is -2.46. The number of imide groups is 1. The van der Waals surface area contributed by atoms with E-state index in [1.807, 2.05) is 0 Å². The maximum absolute atomic E-state index is 13.0. The fourth-order valence-corrected chi connectivity index (χ4v) is 4.43. The van der Waals surface area contributed by atoms with Crippen LogP contribution in [0.1, 0.15) is 44.6 Å². The maximum Gasteiger partial charge on any atom is 0.325 e. The second kappa shape index (κ2) is 7.68. The van der Waals surface area contributed by atoms with Crippen molar-refractivity contribution in [3.05, 3.63) is 33.8 Å². The fraction of sp³-hybridized carbons (Fsp3) is 0.526. The van der Waals surface area contributed by atoms with Crippen LogP contribution in [0.15, 0.2) is 18.2 Å². The lowest BCUT2D eigenvalue weighted by atomic mass is 9.92. The van der Waals surface area contributed by atoms with Gasteiger partial charge in [0.1, 0.15) is 12.1 Å². The molecule has 1 saturated heterocycles. The van der Waals surface area contributed by atoms with Gasteiger partial charge in [-0.15, -0.1) is 0 Å². The first-order valence-corrected chi connectivity index (χ1v) is 9.85. The predicted octanol–water partition coefficient (Wildman–Crippen LogP) is 3.55. The van der Waals surface area contributed by atoms with Crippen LogP contribution in [0.5, 0.6) is 0 Å². The Morgan fingerprint density at radius 2 is 1.93 bits per heavy atom. The van der Waals surface area contributed by atoms with E-state index in [1.165, 1.54) is 12.5 Å². The average molecular weight is 412 g/mol. The van der Waals surface area contributed by atoms with Gasteiger partial charge in [-0.1, -0.05) is 48.5 Å². The zero-order valence-corrected chi connectivity index (χ0v) is 16.9. The Labute approximate surface area is 168 Å². The zero-order chi connectivity index (χ0) is 19.8. The van der Waals surface area contributed by atoms with Gasteiger partial charge in [0.25, 0.3) is 5.91 Å². The number of likely N-dealkylation sites (N-methyl/N-ethyl adjacent to an activating group) is 1. The van der Waals surface area contributed by atoms with Crippen molar-refractivity contribution < 1.29 is 14.4 Å². The molecule has 6 nitrogen and oxygen atoms in total. The van der Waals surface area contributed by atoms with Crippen LogP contribution in [0, 0.1) is 0 Å². The number of hydrogen-bond acceptors (Lipinski definition) is 3. The highest BCUT2D eigenvalue weighted by Gasteiger charge is 2.50. The maximum atomic E-state index is 13.0. The lowest BCUT2D eigenvalue weighted by Gasteiger charge is -2.32. The summed E-state index contributed by atoms with van der Waals surface area (Å²) in [5.74, 6) is -0.737. The van der Waals surface area contributed by atoms with E-state index < -0.39 is 17.5 Å². The minimum atomic E-state index is -1.33. The summed E-state index contributed by atoms with van der Waals surface area (Å²) in [6, 6.07) is 4.32. The quantitative estimate of drug-likeness (QED) is 0.769. The first kappa shape index (κ1) is 20.0. The number of halogens is 2. The van der Waals surface area contributed by atoms with Gasteiger partial charge in [-0.25, -0.2) is 4.79 Å². The Bertz CT molecular complexity index is 779. The second-order valence-electron chi connectivity index (χ2n) is 7.37. The van der Waals surface area contributed by atoms with Crippen molar-refractivity contribution >= 4 is 41.0 Å². The van der Waals surface area contributed by atoms with Crippen LogP contribution in [-0.2, 0) is 15.1 Å². The van der Waals surface area contributed by atoms with E-state index in [-0.39, 0.29) is 23.5 Å². The van der Waals surface area contributed by atoms with Gasteiger partial charge in [0.2, 0.25) is 5.91 Å². The normalized spacial score (nSPS) is 23.5. The molecule has 1 saturated carbocycles. The number of nitrogens with one attached hydrogen (secondary N) is 1. The SMILES string of the molecule is CN(C(=O)CN1C(=O)N[C@](C)(c2ccc(Cl)cc2Cl)C1=O)C1CCCCC1. The molecule has 8 heteroatoms. The summed E-state index contributed by atoms with van der Waals surface area (Å²) in [6.45, 7) is 1.30. The molecule has 1 aliphatic heterocycles. The molecule has 1 heterocycles. The van der Waals surface area contributed by atoms with Gasteiger partial charge in [-0.3, -0.25) is 14.5 Å². The van der Waals surface area contributed by atoms with Crippen LogP contribution in [0.25, 0.3) is 0 Å². The van der Waals surface area contributed by atoms with Crippen LogP contribution in [0.3, 0.4) is 0 Å². The molecule has 0 unspecified atom stereocenters. The number of hydrogen-bond donors (Lipinski definition) is 1. The third-order valence-corrected chi connectivity index (χ3v) is 6.10. The first-order valence-electron chi connectivity index (χ1n) is 9.09. The third-order valence-electron chi connectivity index (χ3n) is 5.55. The van der Waals surface area contributed by atoms with E-state index in [4.69, 9.17) is 23.2 Å². The van der Waals surface area contributed by atoms with Crippen molar-refractivity contribution in [2.45, 2.75) is 50.6 Å². The molecular weight excluding hydrogens is 389 g/mol. The number of carbonyl (C=O) groups excluding carboxylic acids is 3. The van der Waals surface area contributed by atoms with Gasteiger partial charge < -0.3 is 10.2 Å². The summed E-state index contributed by atoms with van der Waals surface area (Å²) in [5.41, 5.74) is -0.884. The van der Waals surface area contributed by atoms with E-state index in [1.54, 1.807) is 31.0 Å². The van der Waals surface area contributed by atoms with E-state index >= 15 is 0 Å². The standard InChI is InChI=1S/C19H23Cl2N3O3/c1-19(14-9-8-12(20)10-15(14)21)17(26)24(18(27)22-19)11-16(25)23(2)13-6-4-3-5-7-13/h8-10,13H,3-7,11H2,1-2H3,(H,22,27)/t19-/m1/s1. The molecule has 0 radical (unpaired) electrons. The molecule has 27 heavy (non-hydrogen) atoms. The molecule has 3 rings (SSSR count). The smallest absolute Gasteiger partial charge is 0.325 e. The summed E-state index contributed by atoms with van der Waals surface area (Å²) in [7, 11) is 1.74. The monoisotopic (exact) mass is 411 g/mol. The summed E-state index contributed by atoms with van der Waals surface area (Å²) in [4.78, 5) is 40.7. The third kappa shape index (κ3) is 3.78. The Morgan fingerprint density at radius 3 is 2.56 bits per heavy atom. The summed E-state index contributed by atoms with van der Waals surface area (Å²) in [5, 5.41) is 3.39. The minimum absolute atomic E-state index is 0.170. The molecule has 1 N–H and O–H groups in total. The molecule has 0 spiro atoms. The molecule has 1 atom stereocenters. The van der Waals surface area contributed by atoms with Crippen molar-refractivity contribution in [1.82, 2.24) is 15.1 Å². The predicted molar refractivity (Wildman–Crippen MR) is 104 cm³/mol. The van der Waals surface area contributed by atoms with Crippen LogP contribution < -0.4 is 5.32 Å². The molecule has 1 aromatic rings. The van der Waals surface area contributed by atoms with Crippen molar-refractivity contribution in [3.63, 3.8) is 0 Å². The topological polar surface area (TPSA) is 69.7 Å². The Balaban J connectivity index is 1.76. The van der Waals surface area contributed by atoms with E-state index in [0.29, 0.717) is 10.6 Å². The second-order valence-corrected chi connectivity index (χ2v) is 8.21. The van der Waals surface area contributed by atoms with Gasteiger partial charge in [0.05, 0.1) is 0 Å². The Hall–Kier alpha value is -1.79. The van der Waals surface area contributed by atoms with Crippen LogP contribution in [0.2, 0.25) is 10.0 Å². The number of amides is 4. The number of urea groups is 1. The van der Waals surface area contributed by atoms with E-state index in [2.05, 4.69) is 5.32 Å². The highest BCUT2D eigenvalue weighted by atomic mass is 35.5. The van der Waals surface area contributed by atoms with Gasteiger partial charge in [-0.2, -0.15) is 0 Å². The van der Waals surface area contributed by atoms with Crippen molar-refractivity contribution in [2.24, 2.45) is 0 Å². The molecule has 2 aliphatic rings. The van der Waals surface area contributed by atoms with Gasteiger partial charge >= 0.3 is 6.03 Å². The molecule has 0 bridgehead atoms. The van der Waals surface area contributed by atoms with Gasteiger partial charge in [0, 0.05) is 28.7 Å².